The van der Waals surface area contributed by atoms with E-state index >= 15 is 0 Å². The van der Waals surface area contributed by atoms with Gasteiger partial charge in [0.25, 0.3) is 0 Å². The fourth-order valence-corrected chi connectivity index (χ4v) is 2.23. The van der Waals surface area contributed by atoms with Gasteiger partial charge in [-0.1, -0.05) is 0 Å². The lowest BCUT2D eigenvalue weighted by atomic mass is 10.1. The Labute approximate surface area is 89.3 Å². The number of nitrogens with one attached hydrogen (secondary N) is 1. The standard InChI is InChI=1S/C11H15N3O/c1-8-4-10-11(13-5-8)14-3-2-12-6-9(14)7-15-10/h4-5,9,12H,2-3,6-7H2,1H3/t9-/m0/s1. The van der Waals surface area contributed by atoms with Crippen LogP contribution in [0.15, 0.2) is 12.3 Å². The third-order valence-electron chi connectivity index (χ3n) is 3.02. The van der Waals surface area contributed by atoms with Crippen LogP contribution < -0.4 is 15.0 Å². The van der Waals surface area contributed by atoms with Crippen LogP contribution in [-0.4, -0.2) is 37.3 Å². The lowest BCUT2D eigenvalue weighted by Gasteiger charge is -2.40. The van der Waals surface area contributed by atoms with Gasteiger partial charge in [-0.25, -0.2) is 4.98 Å². The summed E-state index contributed by atoms with van der Waals surface area (Å²) in [6, 6.07) is 2.52. The monoisotopic (exact) mass is 205 g/mol. The predicted molar refractivity (Wildman–Crippen MR) is 58.5 cm³/mol. The van der Waals surface area contributed by atoms with Gasteiger partial charge in [-0.2, -0.15) is 0 Å². The first-order chi connectivity index (χ1) is 7.34. The summed E-state index contributed by atoms with van der Waals surface area (Å²) in [6.45, 7) is 5.86. The van der Waals surface area contributed by atoms with Gasteiger partial charge in [0.1, 0.15) is 6.61 Å². The van der Waals surface area contributed by atoms with E-state index in [1.54, 1.807) is 0 Å². The molecule has 0 radical (unpaired) electrons. The minimum Gasteiger partial charge on any atom is -0.487 e. The van der Waals surface area contributed by atoms with E-state index in [4.69, 9.17) is 4.74 Å². The number of aryl methyl sites for hydroxylation is 1. The molecule has 2 aliphatic rings. The number of piperazine rings is 1. The van der Waals surface area contributed by atoms with Gasteiger partial charge in [-0.05, 0) is 18.6 Å². The lowest BCUT2D eigenvalue weighted by Crippen LogP contribution is -2.56. The van der Waals surface area contributed by atoms with Crippen molar-refractivity contribution in [1.29, 1.82) is 0 Å². The van der Waals surface area contributed by atoms with Crippen LogP contribution in [-0.2, 0) is 0 Å². The molecule has 0 spiro atoms. The van der Waals surface area contributed by atoms with E-state index in [1.807, 2.05) is 13.1 Å². The molecule has 0 bridgehead atoms. The van der Waals surface area contributed by atoms with E-state index in [2.05, 4.69) is 21.3 Å². The van der Waals surface area contributed by atoms with Gasteiger partial charge in [-0.3, -0.25) is 0 Å². The Balaban J connectivity index is 1.99. The highest BCUT2D eigenvalue weighted by Gasteiger charge is 2.30. The maximum Gasteiger partial charge on any atom is 0.171 e. The van der Waals surface area contributed by atoms with Gasteiger partial charge in [-0.15, -0.1) is 0 Å². The highest BCUT2D eigenvalue weighted by molar-refractivity contribution is 5.56. The van der Waals surface area contributed by atoms with Crippen molar-refractivity contribution >= 4 is 5.82 Å². The Hall–Kier alpha value is -1.29. The third kappa shape index (κ3) is 1.45. The number of hydrogen-bond acceptors (Lipinski definition) is 4. The molecule has 4 heteroatoms. The second-order valence-corrected chi connectivity index (χ2v) is 4.20. The molecule has 4 nitrogen and oxygen atoms in total. The number of pyridine rings is 1. The minimum atomic E-state index is 0.446. The predicted octanol–water partition coefficient (Wildman–Crippen LogP) is 0.561. The van der Waals surface area contributed by atoms with Crippen LogP contribution in [0.1, 0.15) is 5.56 Å². The summed E-state index contributed by atoms with van der Waals surface area (Å²) < 4.78 is 5.73. The maximum absolute atomic E-state index is 5.73. The summed E-state index contributed by atoms with van der Waals surface area (Å²) >= 11 is 0. The number of ether oxygens (including phenoxy) is 1. The van der Waals surface area contributed by atoms with Gasteiger partial charge in [0.2, 0.25) is 0 Å². The molecule has 1 saturated heterocycles. The van der Waals surface area contributed by atoms with Crippen LogP contribution in [0.3, 0.4) is 0 Å². The molecule has 0 saturated carbocycles. The van der Waals surface area contributed by atoms with Crippen LogP contribution in [0.5, 0.6) is 5.75 Å². The van der Waals surface area contributed by atoms with Gasteiger partial charge < -0.3 is 15.0 Å². The van der Waals surface area contributed by atoms with Gasteiger partial charge in [0.05, 0.1) is 6.04 Å². The van der Waals surface area contributed by atoms with Crippen molar-refractivity contribution in [2.24, 2.45) is 0 Å². The Morgan fingerprint density at radius 3 is 3.47 bits per heavy atom. The summed E-state index contributed by atoms with van der Waals surface area (Å²) in [5, 5.41) is 3.38. The number of hydrogen-bond donors (Lipinski definition) is 1. The molecule has 0 amide bonds. The molecule has 1 aromatic rings. The molecule has 1 N–H and O–H groups in total. The molecule has 1 atom stereocenters. The summed E-state index contributed by atoms with van der Waals surface area (Å²) in [5.41, 5.74) is 1.15. The van der Waals surface area contributed by atoms with Gasteiger partial charge in [0, 0.05) is 25.8 Å². The van der Waals surface area contributed by atoms with Crippen LogP contribution in [0, 0.1) is 6.92 Å². The van der Waals surface area contributed by atoms with Crippen molar-refractivity contribution in [3.8, 4) is 5.75 Å². The molecule has 0 aliphatic carbocycles. The molecule has 0 aromatic carbocycles. The van der Waals surface area contributed by atoms with Crippen LogP contribution in [0.2, 0.25) is 0 Å². The van der Waals surface area contributed by atoms with E-state index in [9.17, 15) is 0 Å². The fourth-order valence-electron chi connectivity index (χ4n) is 2.23. The molecule has 3 heterocycles. The number of rotatable bonds is 0. The molecule has 80 valence electrons. The highest BCUT2D eigenvalue weighted by Crippen LogP contribution is 2.32. The van der Waals surface area contributed by atoms with E-state index in [-0.39, 0.29) is 0 Å². The van der Waals surface area contributed by atoms with Crippen LogP contribution in [0.4, 0.5) is 5.82 Å². The number of aromatic nitrogens is 1. The second kappa shape index (κ2) is 3.38. The van der Waals surface area contributed by atoms with Crippen molar-refractivity contribution in [3.63, 3.8) is 0 Å². The normalized spacial score (nSPS) is 24.1. The number of anilines is 1. The van der Waals surface area contributed by atoms with E-state index in [0.717, 1.165) is 43.4 Å². The zero-order valence-electron chi connectivity index (χ0n) is 8.86. The topological polar surface area (TPSA) is 37.4 Å². The van der Waals surface area contributed by atoms with Gasteiger partial charge in [0.15, 0.2) is 11.6 Å². The lowest BCUT2D eigenvalue weighted by molar-refractivity contribution is 0.244. The molecule has 2 aliphatic heterocycles. The van der Waals surface area contributed by atoms with Crippen molar-refractivity contribution in [2.75, 3.05) is 31.1 Å². The number of fused-ring (bicyclic) bond motifs is 3. The number of nitrogens with zero attached hydrogens (tertiary/aromatic N) is 2. The first-order valence-corrected chi connectivity index (χ1v) is 5.41. The summed E-state index contributed by atoms with van der Waals surface area (Å²) in [7, 11) is 0. The zero-order valence-corrected chi connectivity index (χ0v) is 8.86. The molecular weight excluding hydrogens is 190 g/mol. The first-order valence-electron chi connectivity index (χ1n) is 5.41. The zero-order chi connectivity index (χ0) is 10.3. The Morgan fingerprint density at radius 1 is 1.60 bits per heavy atom. The molecular formula is C11H15N3O. The average Bonchev–Trinajstić information content (AvgIpc) is 2.28. The summed E-state index contributed by atoms with van der Waals surface area (Å²) in [4.78, 5) is 6.83. The maximum atomic E-state index is 5.73. The van der Waals surface area contributed by atoms with E-state index < -0.39 is 0 Å². The van der Waals surface area contributed by atoms with Crippen molar-refractivity contribution in [1.82, 2.24) is 10.3 Å². The smallest absolute Gasteiger partial charge is 0.171 e. The largest absolute Gasteiger partial charge is 0.487 e. The summed E-state index contributed by atoms with van der Waals surface area (Å²) in [6.07, 6.45) is 1.91. The fraction of sp³-hybridized carbons (Fsp3) is 0.545. The molecule has 15 heavy (non-hydrogen) atoms. The third-order valence-corrected chi connectivity index (χ3v) is 3.02. The Morgan fingerprint density at radius 2 is 2.53 bits per heavy atom. The molecule has 1 fully saturated rings. The Kier molecular flexibility index (Phi) is 2.02. The SMILES string of the molecule is Cc1cnc2c(c1)OC[C@@H]1CNCCN21. The van der Waals surface area contributed by atoms with Crippen molar-refractivity contribution in [2.45, 2.75) is 13.0 Å². The van der Waals surface area contributed by atoms with Crippen LogP contribution >= 0.6 is 0 Å². The minimum absolute atomic E-state index is 0.446. The van der Waals surface area contributed by atoms with E-state index in [1.165, 1.54) is 0 Å². The van der Waals surface area contributed by atoms with Crippen molar-refractivity contribution in [3.05, 3.63) is 17.8 Å². The highest BCUT2D eigenvalue weighted by atomic mass is 16.5. The van der Waals surface area contributed by atoms with Gasteiger partial charge >= 0.3 is 0 Å². The molecule has 0 unspecified atom stereocenters. The average molecular weight is 205 g/mol. The Bertz CT molecular complexity index is 380. The second-order valence-electron chi connectivity index (χ2n) is 4.20. The quantitative estimate of drug-likeness (QED) is 0.671. The molecule has 1 aromatic heterocycles. The van der Waals surface area contributed by atoms with Crippen LogP contribution in [0.25, 0.3) is 0 Å². The molecule has 3 rings (SSSR count). The summed E-state index contributed by atoms with van der Waals surface area (Å²) in [5.74, 6) is 1.95. The first kappa shape index (κ1) is 8.97. The van der Waals surface area contributed by atoms with Crippen molar-refractivity contribution < 1.29 is 4.74 Å². The van der Waals surface area contributed by atoms with E-state index in [0.29, 0.717) is 6.04 Å².